The Morgan fingerprint density at radius 2 is 1.80 bits per heavy atom. The summed E-state index contributed by atoms with van der Waals surface area (Å²) >= 11 is 0. The van der Waals surface area contributed by atoms with Gasteiger partial charge in [-0.3, -0.25) is 9.69 Å². The van der Waals surface area contributed by atoms with Gasteiger partial charge in [-0.05, 0) is 50.3 Å². The molecule has 1 N–H and O–H groups in total. The summed E-state index contributed by atoms with van der Waals surface area (Å²) in [6.07, 6.45) is 10.2. The van der Waals surface area contributed by atoms with Gasteiger partial charge < -0.3 is 19.9 Å². The van der Waals surface area contributed by atoms with Crippen LogP contribution in [0.25, 0.3) is 0 Å². The van der Waals surface area contributed by atoms with Gasteiger partial charge in [0.25, 0.3) is 5.91 Å². The summed E-state index contributed by atoms with van der Waals surface area (Å²) in [4.78, 5) is 29.5. The number of nitrogens with one attached hydrogen (secondary N) is 1. The van der Waals surface area contributed by atoms with Gasteiger partial charge in [-0.15, -0.1) is 0 Å². The van der Waals surface area contributed by atoms with E-state index in [0.29, 0.717) is 23.4 Å². The average Bonchev–Trinajstić information content (AvgIpc) is 3.20. The number of amides is 1. The fraction of sp³-hybridized carbons (Fsp3) is 0.593. The van der Waals surface area contributed by atoms with Gasteiger partial charge in [0.1, 0.15) is 11.6 Å². The van der Waals surface area contributed by atoms with Crippen molar-refractivity contribution in [1.29, 1.82) is 0 Å². The molecule has 8 nitrogen and oxygen atoms in total. The Hall–Kier alpha value is -2.87. The molecule has 0 spiro atoms. The third kappa shape index (κ3) is 5.69. The molecule has 3 aliphatic rings. The monoisotopic (exact) mass is 478 g/mol. The average molecular weight is 479 g/mol. The van der Waals surface area contributed by atoms with Crippen LogP contribution in [0.15, 0.2) is 36.5 Å². The SMILES string of the molecule is COc1ccccc1C(=O)N1CCCC(N2CCC(Nc3nccc(N4CCCCCC4)n3)C2)C1. The molecule has 4 heterocycles. The highest BCUT2D eigenvalue weighted by molar-refractivity contribution is 5.97. The first-order valence-electron chi connectivity index (χ1n) is 13.2. The Labute approximate surface area is 208 Å². The van der Waals surface area contributed by atoms with Crippen molar-refractivity contribution < 1.29 is 9.53 Å². The number of likely N-dealkylation sites (tertiary alicyclic amines) is 2. The van der Waals surface area contributed by atoms with Gasteiger partial charge in [0.05, 0.1) is 12.7 Å². The van der Waals surface area contributed by atoms with E-state index >= 15 is 0 Å². The van der Waals surface area contributed by atoms with Crippen molar-refractivity contribution in [1.82, 2.24) is 19.8 Å². The summed E-state index contributed by atoms with van der Waals surface area (Å²) in [6.45, 7) is 5.73. The molecule has 3 aliphatic heterocycles. The summed E-state index contributed by atoms with van der Waals surface area (Å²) in [5.74, 6) is 2.49. The summed E-state index contributed by atoms with van der Waals surface area (Å²) in [5, 5.41) is 3.59. The number of rotatable bonds is 6. The fourth-order valence-electron chi connectivity index (χ4n) is 5.74. The van der Waals surface area contributed by atoms with Gasteiger partial charge in [0, 0.05) is 57.5 Å². The van der Waals surface area contributed by atoms with Crippen molar-refractivity contribution in [3.8, 4) is 5.75 Å². The molecule has 2 aromatic rings. The van der Waals surface area contributed by atoms with E-state index in [1.165, 1.54) is 25.7 Å². The zero-order chi connectivity index (χ0) is 24.0. The molecule has 0 radical (unpaired) electrons. The summed E-state index contributed by atoms with van der Waals surface area (Å²) in [6, 6.07) is 10.3. The van der Waals surface area contributed by atoms with E-state index in [0.717, 1.165) is 70.3 Å². The molecule has 3 fully saturated rings. The van der Waals surface area contributed by atoms with Crippen LogP contribution in [-0.4, -0.2) is 84.1 Å². The molecule has 3 saturated heterocycles. The second-order valence-corrected chi connectivity index (χ2v) is 10.0. The van der Waals surface area contributed by atoms with Crippen molar-refractivity contribution in [3.05, 3.63) is 42.1 Å². The second kappa shape index (κ2) is 11.2. The van der Waals surface area contributed by atoms with Gasteiger partial charge in [-0.25, -0.2) is 4.98 Å². The second-order valence-electron chi connectivity index (χ2n) is 10.0. The van der Waals surface area contributed by atoms with Crippen LogP contribution in [0, 0.1) is 0 Å². The molecule has 5 rings (SSSR count). The number of para-hydroxylation sites is 1. The first-order chi connectivity index (χ1) is 17.2. The lowest BCUT2D eigenvalue weighted by Gasteiger charge is -2.38. The van der Waals surface area contributed by atoms with Gasteiger partial charge in [0.15, 0.2) is 0 Å². The van der Waals surface area contributed by atoms with Crippen molar-refractivity contribution in [3.63, 3.8) is 0 Å². The van der Waals surface area contributed by atoms with E-state index in [-0.39, 0.29) is 5.91 Å². The predicted molar refractivity (Wildman–Crippen MR) is 138 cm³/mol. The number of aromatic nitrogens is 2. The zero-order valence-corrected chi connectivity index (χ0v) is 20.9. The summed E-state index contributed by atoms with van der Waals surface area (Å²) in [7, 11) is 1.62. The van der Waals surface area contributed by atoms with Gasteiger partial charge in [-0.2, -0.15) is 4.98 Å². The van der Waals surface area contributed by atoms with Crippen LogP contribution in [0.5, 0.6) is 5.75 Å². The smallest absolute Gasteiger partial charge is 0.257 e. The van der Waals surface area contributed by atoms with Crippen LogP contribution in [0.3, 0.4) is 0 Å². The van der Waals surface area contributed by atoms with Crippen LogP contribution in [0.4, 0.5) is 11.8 Å². The molecule has 188 valence electrons. The fourth-order valence-corrected chi connectivity index (χ4v) is 5.74. The number of nitrogens with zero attached hydrogens (tertiary/aromatic N) is 5. The van der Waals surface area contributed by atoms with Crippen LogP contribution < -0.4 is 15.0 Å². The number of carbonyl (C=O) groups is 1. The molecule has 1 aromatic heterocycles. The Morgan fingerprint density at radius 1 is 0.971 bits per heavy atom. The maximum absolute atomic E-state index is 13.2. The molecule has 35 heavy (non-hydrogen) atoms. The lowest BCUT2D eigenvalue weighted by Crippen LogP contribution is -2.49. The van der Waals surface area contributed by atoms with Crippen molar-refractivity contribution in [2.75, 3.05) is 56.6 Å². The predicted octanol–water partition coefficient (Wildman–Crippen LogP) is 3.66. The van der Waals surface area contributed by atoms with Crippen molar-refractivity contribution in [2.45, 2.75) is 57.0 Å². The van der Waals surface area contributed by atoms with Crippen LogP contribution in [0.1, 0.15) is 55.3 Å². The molecule has 0 aliphatic carbocycles. The molecular formula is C27H38N6O2. The minimum atomic E-state index is 0.0692. The van der Waals surface area contributed by atoms with Crippen molar-refractivity contribution >= 4 is 17.7 Å². The van der Waals surface area contributed by atoms with Gasteiger partial charge in [-0.1, -0.05) is 25.0 Å². The molecule has 2 unspecified atom stereocenters. The lowest BCUT2D eigenvalue weighted by atomic mass is 10.0. The minimum Gasteiger partial charge on any atom is -0.496 e. The topological polar surface area (TPSA) is 73.8 Å². The quantitative estimate of drug-likeness (QED) is 0.679. The Morgan fingerprint density at radius 3 is 2.63 bits per heavy atom. The molecule has 1 aromatic carbocycles. The molecule has 1 amide bonds. The van der Waals surface area contributed by atoms with Crippen molar-refractivity contribution in [2.24, 2.45) is 0 Å². The number of methoxy groups -OCH3 is 1. The largest absolute Gasteiger partial charge is 0.496 e. The summed E-state index contributed by atoms with van der Waals surface area (Å²) < 4.78 is 5.43. The highest BCUT2D eigenvalue weighted by Crippen LogP contribution is 2.26. The summed E-state index contributed by atoms with van der Waals surface area (Å²) in [5.41, 5.74) is 0.651. The maximum Gasteiger partial charge on any atom is 0.257 e. The molecule has 0 bridgehead atoms. The number of benzene rings is 1. The third-order valence-electron chi connectivity index (χ3n) is 7.66. The number of anilines is 2. The first-order valence-corrected chi connectivity index (χ1v) is 13.2. The van der Waals surface area contributed by atoms with E-state index in [1.807, 2.05) is 41.4 Å². The normalized spacial score (nSPS) is 23.7. The highest BCUT2D eigenvalue weighted by Gasteiger charge is 2.33. The molecule has 8 heteroatoms. The number of carbonyl (C=O) groups excluding carboxylic acids is 1. The molecule has 0 saturated carbocycles. The molecular weight excluding hydrogens is 440 g/mol. The Bertz CT molecular complexity index is 993. The van der Waals surface area contributed by atoms with Crippen LogP contribution in [-0.2, 0) is 0 Å². The zero-order valence-electron chi connectivity index (χ0n) is 20.9. The number of hydrogen-bond donors (Lipinski definition) is 1. The number of piperidine rings is 1. The lowest BCUT2D eigenvalue weighted by molar-refractivity contribution is 0.0604. The Balaban J connectivity index is 1.17. The minimum absolute atomic E-state index is 0.0692. The molecule has 2 atom stereocenters. The van der Waals surface area contributed by atoms with Gasteiger partial charge in [0.2, 0.25) is 5.95 Å². The van der Waals surface area contributed by atoms with E-state index in [2.05, 4.69) is 20.1 Å². The standard InChI is InChI=1S/C27H38N6O2/c1-35-24-11-5-4-10-23(24)26(34)33-17-8-9-22(20-33)32-18-13-21(19-32)29-27-28-14-12-25(30-27)31-15-6-2-3-7-16-31/h4-5,10-12,14,21-22H,2-3,6-9,13,15-20H2,1H3,(H,28,29,30). The Kier molecular flexibility index (Phi) is 7.66. The first kappa shape index (κ1) is 23.9. The van der Waals surface area contributed by atoms with Crippen LogP contribution in [0.2, 0.25) is 0 Å². The number of ether oxygens (including phenoxy) is 1. The maximum atomic E-state index is 13.2. The van der Waals surface area contributed by atoms with Crippen LogP contribution >= 0.6 is 0 Å². The third-order valence-corrected chi connectivity index (χ3v) is 7.66. The van der Waals surface area contributed by atoms with E-state index < -0.39 is 0 Å². The van der Waals surface area contributed by atoms with E-state index in [4.69, 9.17) is 9.72 Å². The highest BCUT2D eigenvalue weighted by atomic mass is 16.5. The number of hydrogen-bond acceptors (Lipinski definition) is 7. The van der Waals surface area contributed by atoms with E-state index in [9.17, 15) is 4.79 Å². The van der Waals surface area contributed by atoms with E-state index in [1.54, 1.807) is 7.11 Å². The van der Waals surface area contributed by atoms with Gasteiger partial charge >= 0.3 is 0 Å².